The molecule has 0 aromatic heterocycles. The Morgan fingerprint density at radius 2 is 1.25 bits per heavy atom. The summed E-state index contributed by atoms with van der Waals surface area (Å²) in [4.78, 5) is 29.0. The lowest BCUT2D eigenvalue weighted by Gasteiger charge is -2.31. The highest BCUT2D eigenvalue weighted by Crippen LogP contribution is 2.25. The Bertz CT molecular complexity index is 1340. The average Bonchev–Trinajstić information content (AvgIpc) is 3.01. The van der Waals surface area contributed by atoms with E-state index in [-0.39, 0.29) is 25.0 Å². The van der Waals surface area contributed by atoms with E-state index >= 15 is 0 Å². The maximum atomic E-state index is 13.8. The summed E-state index contributed by atoms with van der Waals surface area (Å²) in [5.41, 5.74) is 2.65. The summed E-state index contributed by atoms with van der Waals surface area (Å²) in [5, 5.41) is 3.05. The molecule has 0 radical (unpaired) electrons. The van der Waals surface area contributed by atoms with Crippen molar-refractivity contribution in [2.75, 3.05) is 27.4 Å². The Morgan fingerprint density at radius 1 is 0.700 bits per heavy atom. The van der Waals surface area contributed by atoms with E-state index < -0.39 is 6.04 Å². The third kappa shape index (κ3) is 7.86. The molecule has 0 saturated heterocycles. The van der Waals surface area contributed by atoms with Gasteiger partial charge >= 0.3 is 0 Å². The zero-order valence-corrected chi connectivity index (χ0v) is 22.8. The van der Waals surface area contributed by atoms with Crippen LogP contribution in [0.5, 0.6) is 17.2 Å². The highest BCUT2D eigenvalue weighted by atomic mass is 16.5. The van der Waals surface area contributed by atoms with Crippen LogP contribution in [0.2, 0.25) is 0 Å². The van der Waals surface area contributed by atoms with Crippen LogP contribution < -0.4 is 19.5 Å². The SMILES string of the molecule is COc1ccc(CCNC(=O)C(c2ccccc2)N(Cc2ccc(OC)cc2)C(=O)COc2ccccc2)cc1. The van der Waals surface area contributed by atoms with E-state index in [0.29, 0.717) is 30.0 Å². The van der Waals surface area contributed by atoms with Crippen molar-refractivity contribution in [3.8, 4) is 17.2 Å². The van der Waals surface area contributed by atoms with Crippen molar-refractivity contribution in [2.24, 2.45) is 0 Å². The van der Waals surface area contributed by atoms with Crippen LogP contribution in [-0.2, 0) is 22.6 Å². The van der Waals surface area contributed by atoms with Crippen LogP contribution in [-0.4, -0.2) is 44.1 Å². The summed E-state index contributed by atoms with van der Waals surface area (Å²) in [7, 11) is 3.23. The first-order valence-electron chi connectivity index (χ1n) is 13.1. The number of nitrogens with zero attached hydrogens (tertiary/aromatic N) is 1. The molecule has 0 fully saturated rings. The molecule has 0 aliphatic carbocycles. The first kappa shape index (κ1) is 28.2. The van der Waals surface area contributed by atoms with Crippen molar-refractivity contribution >= 4 is 11.8 Å². The first-order valence-corrected chi connectivity index (χ1v) is 13.1. The lowest BCUT2D eigenvalue weighted by atomic mass is 10.0. The molecule has 0 aliphatic rings. The van der Waals surface area contributed by atoms with Gasteiger partial charge in [-0.05, 0) is 59.5 Å². The third-order valence-corrected chi connectivity index (χ3v) is 6.49. The molecule has 0 spiro atoms. The van der Waals surface area contributed by atoms with Crippen molar-refractivity contribution in [1.29, 1.82) is 0 Å². The molecule has 1 N–H and O–H groups in total. The molecule has 0 bridgehead atoms. The largest absolute Gasteiger partial charge is 0.497 e. The van der Waals surface area contributed by atoms with Gasteiger partial charge in [-0.1, -0.05) is 72.8 Å². The third-order valence-electron chi connectivity index (χ3n) is 6.49. The van der Waals surface area contributed by atoms with E-state index in [9.17, 15) is 9.59 Å². The molecule has 0 saturated carbocycles. The molecule has 4 rings (SSSR count). The average molecular weight is 539 g/mol. The Morgan fingerprint density at radius 3 is 1.82 bits per heavy atom. The number of rotatable bonds is 13. The first-order chi connectivity index (χ1) is 19.6. The molecular weight excluding hydrogens is 504 g/mol. The minimum Gasteiger partial charge on any atom is -0.497 e. The Balaban J connectivity index is 1.57. The van der Waals surface area contributed by atoms with Gasteiger partial charge in [0.2, 0.25) is 5.91 Å². The van der Waals surface area contributed by atoms with Crippen LogP contribution in [0, 0.1) is 0 Å². The lowest BCUT2D eigenvalue weighted by molar-refractivity contribution is -0.143. The molecule has 0 heterocycles. The van der Waals surface area contributed by atoms with Gasteiger partial charge in [-0.3, -0.25) is 9.59 Å². The summed E-state index contributed by atoms with van der Waals surface area (Å²) in [6.45, 7) is 0.425. The number of carbonyl (C=O) groups excluding carboxylic acids is 2. The van der Waals surface area contributed by atoms with Gasteiger partial charge in [-0.2, -0.15) is 0 Å². The molecule has 4 aromatic rings. The smallest absolute Gasteiger partial charge is 0.261 e. The number of para-hydroxylation sites is 1. The second-order valence-electron chi connectivity index (χ2n) is 9.17. The molecule has 0 aliphatic heterocycles. The molecule has 4 aromatic carbocycles. The standard InChI is InChI=1S/C33H34N2O5/c1-38-28-17-13-25(14-18-28)21-22-34-33(37)32(27-9-5-3-6-10-27)35(23-26-15-19-29(39-2)20-16-26)31(36)24-40-30-11-7-4-8-12-30/h3-20,32H,21-24H2,1-2H3,(H,34,37). The van der Waals surface area contributed by atoms with Gasteiger partial charge in [0.15, 0.2) is 6.61 Å². The molecule has 1 unspecified atom stereocenters. The van der Waals surface area contributed by atoms with Crippen molar-refractivity contribution < 1.29 is 23.8 Å². The topological polar surface area (TPSA) is 77.1 Å². The maximum absolute atomic E-state index is 13.8. The summed E-state index contributed by atoms with van der Waals surface area (Å²) in [6.07, 6.45) is 0.640. The van der Waals surface area contributed by atoms with Gasteiger partial charge in [-0.15, -0.1) is 0 Å². The van der Waals surface area contributed by atoms with E-state index in [4.69, 9.17) is 14.2 Å². The second kappa shape index (κ2) is 14.4. The summed E-state index contributed by atoms with van der Waals surface area (Å²) < 4.78 is 16.3. The van der Waals surface area contributed by atoms with E-state index in [1.54, 1.807) is 31.3 Å². The number of methoxy groups -OCH3 is 2. The van der Waals surface area contributed by atoms with Gasteiger partial charge in [0.25, 0.3) is 5.91 Å². The number of nitrogens with one attached hydrogen (secondary N) is 1. The predicted molar refractivity (Wildman–Crippen MR) is 154 cm³/mol. The van der Waals surface area contributed by atoms with E-state index in [0.717, 1.165) is 16.9 Å². The number of ether oxygens (including phenoxy) is 3. The van der Waals surface area contributed by atoms with Crippen LogP contribution in [0.25, 0.3) is 0 Å². The van der Waals surface area contributed by atoms with Gasteiger partial charge in [0.05, 0.1) is 14.2 Å². The fourth-order valence-corrected chi connectivity index (χ4v) is 4.32. The molecule has 2 amide bonds. The maximum Gasteiger partial charge on any atom is 0.261 e. The Labute approximate surface area is 235 Å². The van der Waals surface area contributed by atoms with Crippen molar-refractivity contribution in [1.82, 2.24) is 10.2 Å². The van der Waals surface area contributed by atoms with Gasteiger partial charge in [0.1, 0.15) is 23.3 Å². The van der Waals surface area contributed by atoms with Crippen molar-refractivity contribution in [2.45, 2.75) is 19.0 Å². The summed E-state index contributed by atoms with van der Waals surface area (Å²) >= 11 is 0. The summed E-state index contributed by atoms with van der Waals surface area (Å²) in [6, 6.07) is 32.8. The molecule has 7 nitrogen and oxygen atoms in total. The van der Waals surface area contributed by atoms with Gasteiger partial charge in [0, 0.05) is 13.1 Å². The second-order valence-corrected chi connectivity index (χ2v) is 9.17. The van der Waals surface area contributed by atoms with Crippen LogP contribution >= 0.6 is 0 Å². The van der Waals surface area contributed by atoms with E-state index in [1.165, 1.54) is 0 Å². The highest BCUT2D eigenvalue weighted by molar-refractivity contribution is 5.89. The van der Waals surface area contributed by atoms with Crippen molar-refractivity contribution in [3.05, 3.63) is 126 Å². The fourth-order valence-electron chi connectivity index (χ4n) is 4.32. The quantitative estimate of drug-likeness (QED) is 0.253. The normalized spacial score (nSPS) is 11.2. The monoisotopic (exact) mass is 538 g/mol. The highest BCUT2D eigenvalue weighted by Gasteiger charge is 2.31. The number of hydrogen-bond donors (Lipinski definition) is 1. The van der Waals surface area contributed by atoms with Crippen LogP contribution in [0.4, 0.5) is 0 Å². The van der Waals surface area contributed by atoms with Crippen molar-refractivity contribution in [3.63, 3.8) is 0 Å². The predicted octanol–water partition coefficient (Wildman–Crippen LogP) is 5.21. The molecule has 206 valence electrons. The van der Waals surface area contributed by atoms with Crippen LogP contribution in [0.3, 0.4) is 0 Å². The molecule has 40 heavy (non-hydrogen) atoms. The zero-order valence-electron chi connectivity index (χ0n) is 22.8. The number of carbonyl (C=O) groups is 2. The molecule has 1 atom stereocenters. The van der Waals surface area contributed by atoms with Gasteiger partial charge in [-0.25, -0.2) is 0 Å². The van der Waals surface area contributed by atoms with E-state index in [2.05, 4.69) is 5.32 Å². The van der Waals surface area contributed by atoms with Crippen LogP contribution in [0.1, 0.15) is 22.7 Å². The number of benzene rings is 4. The summed E-state index contributed by atoms with van der Waals surface area (Å²) in [5.74, 6) is 1.51. The molecule has 7 heteroatoms. The fraction of sp³-hybridized carbons (Fsp3) is 0.212. The Kier molecular flexibility index (Phi) is 10.2. The minimum absolute atomic E-state index is 0.206. The van der Waals surface area contributed by atoms with Crippen LogP contribution in [0.15, 0.2) is 109 Å². The number of hydrogen-bond acceptors (Lipinski definition) is 5. The molecular formula is C33H34N2O5. The lowest BCUT2D eigenvalue weighted by Crippen LogP contribution is -2.45. The minimum atomic E-state index is -0.856. The van der Waals surface area contributed by atoms with Gasteiger partial charge < -0.3 is 24.4 Å². The Hall–Kier alpha value is -4.78. The zero-order chi connectivity index (χ0) is 28.2. The van der Waals surface area contributed by atoms with E-state index in [1.807, 2.05) is 97.1 Å². The number of amides is 2.